The van der Waals surface area contributed by atoms with Gasteiger partial charge in [0.15, 0.2) is 0 Å². The molecular weight excluding hydrogens is 252 g/mol. The molecule has 1 saturated heterocycles. The van der Waals surface area contributed by atoms with Crippen molar-refractivity contribution in [2.45, 2.75) is 38.8 Å². The fraction of sp³-hybridized carbons (Fsp3) is 0.833. The highest BCUT2D eigenvalue weighted by atomic mass is 32.2. The number of carboxylic acids is 1. The fourth-order valence-electron chi connectivity index (χ4n) is 1.94. The minimum absolute atomic E-state index is 0.225. The van der Waals surface area contributed by atoms with E-state index in [4.69, 9.17) is 5.11 Å². The van der Waals surface area contributed by atoms with Gasteiger partial charge in [-0.3, -0.25) is 0 Å². The van der Waals surface area contributed by atoms with Gasteiger partial charge in [0.05, 0.1) is 0 Å². The summed E-state index contributed by atoms with van der Waals surface area (Å²) < 4.78 is 0. The Hall–Kier alpha value is -0.910. The van der Waals surface area contributed by atoms with Crippen LogP contribution in [0.15, 0.2) is 0 Å². The van der Waals surface area contributed by atoms with E-state index in [9.17, 15) is 9.59 Å². The van der Waals surface area contributed by atoms with Gasteiger partial charge in [0.25, 0.3) is 0 Å². The highest BCUT2D eigenvalue weighted by Crippen LogP contribution is 2.21. The fourth-order valence-corrected chi connectivity index (χ4v) is 3.20. The van der Waals surface area contributed by atoms with Crippen LogP contribution >= 0.6 is 11.8 Å². The van der Waals surface area contributed by atoms with Gasteiger partial charge in [0.2, 0.25) is 0 Å². The van der Waals surface area contributed by atoms with Crippen molar-refractivity contribution in [3.05, 3.63) is 0 Å². The molecule has 1 aliphatic heterocycles. The molecule has 0 aromatic heterocycles. The van der Waals surface area contributed by atoms with Gasteiger partial charge in [-0.1, -0.05) is 13.8 Å². The van der Waals surface area contributed by atoms with Crippen LogP contribution in [0.3, 0.4) is 0 Å². The zero-order valence-electron chi connectivity index (χ0n) is 11.2. The lowest BCUT2D eigenvalue weighted by molar-refractivity contribution is -0.139. The van der Waals surface area contributed by atoms with Crippen LogP contribution in [0.2, 0.25) is 0 Å². The molecule has 1 heterocycles. The van der Waals surface area contributed by atoms with Crippen LogP contribution in [0.4, 0.5) is 4.79 Å². The van der Waals surface area contributed by atoms with E-state index in [1.54, 1.807) is 11.9 Å². The molecule has 1 unspecified atom stereocenters. The summed E-state index contributed by atoms with van der Waals surface area (Å²) in [7, 11) is 1.74. The van der Waals surface area contributed by atoms with Gasteiger partial charge in [-0.15, -0.1) is 0 Å². The van der Waals surface area contributed by atoms with E-state index in [-0.39, 0.29) is 18.0 Å². The van der Waals surface area contributed by atoms with E-state index >= 15 is 0 Å². The molecule has 2 amide bonds. The molecule has 1 rings (SSSR count). The summed E-state index contributed by atoms with van der Waals surface area (Å²) in [6.07, 6.45) is 1.44. The normalized spacial score (nSPS) is 20.8. The molecule has 104 valence electrons. The van der Waals surface area contributed by atoms with Gasteiger partial charge >= 0.3 is 12.0 Å². The van der Waals surface area contributed by atoms with Crippen molar-refractivity contribution in [3.8, 4) is 0 Å². The van der Waals surface area contributed by atoms with Crippen molar-refractivity contribution in [1.29, 1.82) is 0 Å². The first-order chi connectivity index (χ1) is 8.41. The maximum atomic E-state index is 12.0. The number of carbonyl (C=O) groups is 2. The van der Waals surface area contributed by atoms with Crippen molar-refractivity contribution in [3.63, 3.8) is 0 Å². The third-order valence-electron chi connectivity index (χ3n) is 3.08. The molecule has 6 heteroatoms. The third kappa shape index (κ3) is 4.40. The number of rotatable bonds is 5. The maximum Gasteiger partial charge on any atom is 0.326 e. The first-order valence-corrected chi connectivity index (χ1v) is 7.41. The maximum absolute atomic E-state index is 12.0. The summed E-state index contributed by atoms with van der Waals surface area (Å²) in [6, 6.07) is -0.854. The van der Waals surface area contributed by atoms with Gasteiger partial charge in [-0.2, -0.15) is 11.8 Å². The SMILES string of the molecule is CC(C)C[C@H](NC(=O)N(C)C1CCSC1)C(=O)O. The molecule has 18 heavy (non-hydrogen) atoms. The predicted octanol–water partition coefficient (Wildman–Crippen LogP) is 1.63. The van der Waals surface area contributed by atoms with Crippen LogP contribution in [-0.4, -0.2) is 52.6 Å². The van der Waals surface area contributed by atoms with E-state index in [0.717, 1.165) is 17.9 Å². The summed E-state index contributed by atoms with van der Waals surface area (Å²) in [4.78, 5) is 24.7. The highest BCUT2D eigenvalue weighted by Gasteiger charge is 2.27. The van der Waals surface area contributed by atoms with Crippen LogP contribution in [0.5, 0.6) is 0 Å². The number of urea groups is 1. The van der Waals surface area contributed by atoms with Crippen LogP contribution in [-0.2, 0) is 4.79 Å². The Morgan fingerprint density at radius 3 is 2.61 bits per heavy atom. The lowest BCUT2D eigenvalue weighted by Gasteiger charge is -2.26. The number of amides is 2. The Labute approximate surface area is 112 Å². The number of thioether (sulfide) groups is 1. The molecule has 0 radical (unpaired) electrons. The molecule has 0 aromatic rings. The van der Waals surface area contributed by atoms with Gasteiger partial charge in [0.1, 0.15) is 6.04 Å². The standard InChI is InChI=1S/C12H22N2O3S/c1-8(2)6-10(11(15)16)13-12(17)14(3)9-4-5-18-7-9/h8-10H,4-7H2,1-3H3,(H,13,17)(H,15,16)/t9?,10-/m0/s1. The molecule has 0 aromatic carbocycles. The molecule has 0 saturated carbocycles. The lowest BCUT2D eigenvalue weighted by Crippen LogP contribution is -2.50. The van der Waals surface area contributed by atoms with Crippen LogP contribution in [0, 0.1) is 5.92 Å². The Kier molecular flexibility index (Phi) is 5.78. The number of hydrogen-bond donors (Lipinski definition) is 2. The third-order valence-corrected chi connectivity index (χ3v) is 4.22. The molecule has 0 spiro atoms. The zero-order valence-corrected chi connectivity index (χ0v) is 12.0. The summed E-state index contributed by atoms with van der Waals surface area (Å²) in [5.41, 5.74) is 0. The second kappa shape index (κ2) is 6.87. The minimum atomic E-state index is -0.966. The van der Waals surface area contributed by atoms with E-state index in [1.165, 1.54) is 0 Å². The predicted molar refractivity (Wildman–Crippen MR) is 72.9 cm³/mol. The second-order valence-electron chi connectivity index (χ2n) is 5.10. The molecule has 5 nitrogen and oxygen atoms in total. The topological polar surface area (TPSA) is 69.6 Å². The number of nitrogens with one attached hydrogen (secondary N) is 1. The molecule has 1 fully saturated rings. The largest absolute Gasteiger partial charge is 0.480 e. The van der Waals surface area contributed by atoms with Crippen molar-refractivity contribution in [1.82, 2.24) is 10.2 Å². The number of nitrogens with zero attached hydrogens (tertiary/aromatic N) is 1. The highest BCUT2D eigenvalue weighted by molar-refractivity contribution is 7.99. The quantitative estimate of drug-likeness (QED) is 0.799. The number of carboxylic acid groups (broad SMARTS) is 1. The lowest BCUT2D eigenvalue weighted by atomic mass is 10.0. The average molecular weight is 274 g/mol. The van der Waals surface area contributed by atoms with E-state index < -0.39 is 12.0 Å². The van der Waals surface area contributed by atoms with Gasteiger partial charge in [-0.05, 0) is 24.5 Å². The van der Waals surface area contributed by atoms with Crippen LogP contribution in [0.1, 0.15) is 26.7 Å². The van der Waals surface area contributed by atoms with Crippen molar-refractivity contribution in [2.75, 3.05) is 18.6 Å². The first-order valence-electron chi connectivity index (χ1n) is 6.25. The van der Waals surface area contributed by atoms with Crippen molar-refractivity contribution >= 4 is 23.8 Å². The van der Waals surface area contributed by atoms with Crippen molar-refractivity contribution in [2.24, 2.45) is 5.92 Å². The smallest absolute Gasteiger partial charge is 0.326 e. The Bertz CT molecular complexity index is 304. The first kappa shape index (κ1) is 15.1. The van der Waals surface area contributed by atoms with Crippen LogP contribution in [0.25, 0.3) is 0 Å². The minimum Gasteiger partial charge on any atom is -0.480 e. The van der Waals surface area contributed by atoms with E-state index in [0.29, 0.717) is 6.42 Å². The Balaban J connectivity index is 2.51. The van der Waals surface area contributed by atoms with Gasteiger partial charge < -0.3 is 15.3 Å². The van der Waals surface area contributed by atoms with Gasteiger partial charge in [0, 0.05) is 18.8 Å². The molecular formula is C12H22N2O3S. The summed E-state index contributed by atoms with van der Waals surface area (Å²) in [5, 5.41) is 11.7. The van der Waals surface area contributed by atoms with E-state index in [1.807, 2.05) is 25.6 Å². The second-order valence-corrected chi connectivity index (χ2v) is 6.25. The average Bonchev–Trinajstić information content (AvgIpc) is 2.79. The summed E-state index contributed by atoms with van der Waals surface area (Å²) >= 11 is 1.83. The number of carbonyl (C=O) groups excluding carboxylic acids is 1. The van der Waals surface area contributed by atoms with Crippen LogP contribution < -0.4 is 5.32 Å². The molecule has 0 bridgehead atoms. The molecule has 2 N–H and O–H groups in total. The molecule has 1 aliphatic rings. The summed E-state index contributed by atoms with van der Waals surface area (Å²) in [6.45, 7) is 3.89. The number of hydrogen-bond acceptors (Lipinski definition) is 3. The monoisotopic (exact) mass is 274 g/mol. The molecule has 0 aliphatic carbocycles. The zero-order chi connectivity index (χ0) is 13.7. The van der Waals surface area contributed by atoms with E-state index in [2.05, 4.69) is 5.32 Å². The molecule has 2 atom stereocenters. The Morgan fingerprint density at radius 2 is 2.17 bits per heavy atom. The van der Waals surface area contributed by atoms with Crippen molar-refractivity contribution < 1.29 is 14.7 Å². The van der Waals surface area contributed by atoms with Gasteiger partial charge in [-0.25, -0.2) is 9.59 Å². The number of aliphatic carboxylic acids is 1. The summed E-state index contributed by atoms with van der Waals surface area (Å²) in [5.74, 6) is 1.27. The Morgan fingerprint density at radius 1 is 1.50 bits per heavy atom.